The molecule has 1 atom stereocenters. The van der Waals surface area contributed by atoms with E-state index in [1.54, 1.807) is 0 Å². The first-order valence-corrected chi connectivity index (χ1v) is 7.60. The molecular formula is C17H25NO. The molecule has 0 heterocycles. The summed E-state index contributed by atoms with van der Waals surface area (Å²) in [6.45, 7) is 4.78. The third kappa shape index (κ3) is 3.66. The molecule has 2 nitrogen and oxygen atoms in total. The van der Waals surface area contributed by atoms with Crippen LogP contribution < -0.4 is 5.32 Å². The number of hydrogen-bond acceptors (Lipinski definition) is 2. The normalized spacial score (nSPS) is 18.2. The number of likely N-dealkylation sites (N-methyl/N-ethyl adjacent to an activating group) is 1. The van der Waals surface area contributed by atoms with E-state index in [4.69, 9.17) is 0 Å². The molecule has 1 aliphatic rings. The van der Waals surface area contributed by atoms with Gasteiger partial charge in [0.25, 0.3) is 0 Å². The lowest BCUT2D eigenvalue weighted by Crippen LogP contribution is -2.33. The molecule has 1 fully saturated rings. The number of Topliss-reactive ketones (excluding diaryl/α,β-unsaturated/α-hetero) is 1. The molecule has 1 aliphatic carbocycles. The van der Waals surface area contributed by atoms with E-state index in [-0.39, 0.29) is 11.8 Å². The Labute approximate surface area is 116 Å². The van der Waals surface area contributed by atoms with Crippen LogP contribution in [0.25, 0.3) is 0 Å². The van der Waals surface area contributed by atoms with Crippen molar-refractivity contribution in [2.24, 2.45) is 0 Å². The molecule has 1 N–H and O–H groups in total. The Bertz CT molecular complexity index is 404. The molecule has 1 aromatic carbocycles. The summed E-state index contributed by atoms with van der Waals surface area (Å²) in [5.41, 5.74) is 2.24. The quantitative estimate of drug-likeness (QED) is 0.812. The Morgan fingerprint density at radius 3 is 2.42 bits per heavy atom. The molecule has 0 saturated heterocycles. The first-order valence-electron chi connectivity index (χ1n) is 7.60. The Morgan fingerprint density at radius 1 is 1.21 bits per heavy atom. The Balaban J connectivity index is 2.03. The van der Waals surface area contributed by atoms with Gasteiger partial charge < -0.3 is 5.32 Å². The van der Waals surface area contributed by atoms with Crippen LogP contribution in [0.4, 0.5) is 0 Å². The molecule has 0 aliphatic heterocycles. The Hall–Kier alpha value is -1.15. The van der Waals surface area contributed by atoms with Crippen LogP contribution in [0.2, 0.25) is 0 Å². The number of benzene rings is 1. The molecule has 1 aromatic rings. The maximum Gasteiger partial charge on any atom is 0.179 e. The minimum absolute atomic E-state index is 0.0921. The van der Waals surface area contributed by atoms with Crippen LogP contribution in [0.15, 0.2) is 24.3 Å². The molecule has 19 heavy (non-hydrogen) atoms. The maximum absolute atomic E-state index is 12.2. The van der Waals surface area contributed by atoms with Crippen molar-refractivity contribution < 1.29 is 4.79 Å². The number of hydrogen-bond donors (Lipinski definition) is 1. The van der Waals surface area contributed by atoms with Crippen molar-refractivity contribution in [2.75, 3.05) is 6.54 Å². The van der Waals surface area contributed by atoms with Crippen LogP contribution >= 0.6 is 0 Å². The van der Waals surface area contributed by atoms with Crippen LogP contribution in [0.3, 0.4) is 0 Å². The van der Waals surface area contributed by atoms with Gasteiger partial charge in [0.2, 0.25) is 0 Å². The summed E-state index contributed by atoms with van der Waals surface area (Å²) in [4.78, 5) is 12.2. The monoisotopic (exact) mass is 259 g/mol. The molecule has 1 saturated carbocycles. The molecule has 2 rings (SSSR count). The van der Waals surface area contributed by atoms with Crippen molar-refractivity contribution in [3.63, 3.8) is 0 Å². The second-order valence-electron chi connectivity index (χ2n) is 5.60. The van der Waals surface area contributed by atoms with Crippen molar-refractivity contribution in [1.82, 2.24) is 5.32 Å². The Morgan fingerprint density at radius 2 is 1.84 bits per heavy atom. The summed E-state index contributed by atoms with van der Waals surface area (Å²) in [5.74, 6) is 0.904. The molecule has 2 heteroatoms. The average molecular weight is 259 g/mol. The van der Waals surface area contributed by atoms with Gasteiger partial charge in [-0.3, -0.25) is 4.79 Å². The van der Waals surface area contributed by atoms with Gasteiger partial charge in [0.15, 0.2) is 5.78 Å². The smallest absolute Gasteiger partial charge is 0.179 e. The second kappa shape index (κ2) is 6.85. The summed E-state index contributed by atoms with van der Waals surface area (Å²) >= 11 is 0. The van der Waals surface area contributed by atoms with Crippen molar-refractivity contribution in [1.29, 1.82) is 0 Å². The lowest BCUT2D eigenvalue weighted by molar-refractivity contribution is 0.0952. The van der Waals surface area contributed by atoms with Gasteiger partial charge in [0.05, 0.1) is 6.04 Å². The van der Waals surface area contributed by atoms with Crippen molar-refractivity contribution in [3.05, 3.63) is 35.4 Å². The van der Waals surface area contributed by atoms with Gasteiger partial charge in [-0.25, -0.2) is 0 Å². The zero-order valence-corrected chi connectivity index (χ0v) is 12.1. The van der Waals surface area contributed by atoms with Gasteiger partial charge in [-0.05, 0) is 37.8 Å². The number of nitrogens with one attached hydrogen (secondary N) is 1. The Kier molecular flexibility index (Phi) is 5.15. The minimum Gasteiger partial charge on any atom is -0.308 e. The fourth-order valence-corrected chi connectivity index (χ4v) is 3.00. The van der Waals surface area contributed by atoms with Crippen molar-refractivity contribution in [3.8, 4) is 0 Å². The molecule has 0 aromatic heterocycles. The fourth-order valence-electron chi connectivity index (χ4n) is 3.00. The van der Waals surface area contributed by atoms with Gasteiger partial charge in [0.1, 0.15) is 0 Å². The summed E-state index contributed by atoms with van der Waals surface area (Å²) < 4.78 is 0. The highest BCUT2D eigenvalue weighted by Gasteiger charge is 2.17. The zero-order valence-electron chi connectivity index (χ0n) is 12.1. The van der Waals surface area contributed by atoms with E-state index in [0.717, 1.165) is 12.1 Å². The fraction of sp³-hybridized carbons (Fsp3) is 0.588. The van der Waals surface area contributed by atoms with Crippen LogP contribution in [0.5, 0.6) is 0 Å². The molecular weight excluding hydrogens is 234 g/mol. The first-order chi connectivity index (χ1) is 9.22. The molecule has 0 bridgehead atoms. The number of carbonyl (C=O) groups is 1. The van der Waals surface area contributed by atoms with Crippen LogP contribution in [0, 0.1) is 0 Å². The molecule has 0 amide bonds. The third-order valence-electron chi connectivity index (χ3n) is 4.18. The highest BCUT2D eigenvalue weighted by atomic mass is 16.1. The van der Waals surface area contributed by atoms with Crippen LogP contribution in [0.1, 0.15) is 67.8 Å². The second-order valence-corrected chi connectivity index (χ2v) is 5.60. The largest absolute Gasteiger partial charge is 0.308 e. The molecule has 0 spiro atoms. The van der Waals surface area contributed by atoms with Gasteiger partial charge in [0, 0.05) is 5.56 Å². The highest BCUT2D eigenvalue weighted by Crippen LogP contribution is 2.32. The van der Waals surface area contributed by atoms with Crippen molar-refractivity contribution >= 4 is 5.78 Å². The van der Waals surface area contributed by atoms with E-state index in [1.165, 1.54) is 37.7 Å². The number of rotatable bonds is 5. The summed E-state index contributed by atoms with van der Waals surface area (Å²) in [5, 5.41) is 3.17. The lowest BCUT2D eigenvalue weighted by atomic mass is 9.84. The van der Waals surface area contributed by atoms with E-state index in [9.17, 15) is 4.79 Å². The summed E-state index contributed by atoms with van der Waals surface area (Å²) in [6, 6.07) is 8.22. The minimum atomic E-state index is -0.0921. The standard InChI is InChI=1S/C17H25NO/c1-3-18-13(2)17(19)16-11-9-15(10-12-16)14-7-5-4-6-8-14/h9-14,18H,3-8H2,1-2H3. The van der Waals surface area contributed by atoms with E-state index < -0.39 is 0 Å². The maximum atomic E-state index is 12.2. The van der Waals surface area contributed by atoms with E-state index >= 15 is 0 Å². The van der Waals surface area contributed by atoms with Crippen LogP contribution in [-0.2, 0) is 0 Å². The molecule has 0 radical (unpaired) electrons. The highest BCUT2D eigenvalue weighted by molar-refractivity contribution is 5.99. The van der Waals surface area contributed by atoms with Crippen LogP contribution in [-0.4, -0.2) is 18.4 Å². The number of ketones is 1. The first kappa shape index (κ1) is 14.3. The topological polar surface area (TPSA) is 29.1 Å². The number of carbonyl (C=O) groups excluding carboxylic acids is 1. The average Bonchev–Trinajstić information content (AvgIpc) is 2.48. The van der Waals surface area contributed by atoms with Gasteiger partial charge in [-0.15, -0.1) is 0 Å². The van der Waals surface area contributed by atoms with Gasteiger partial charge in [-0.2, -0.15) is 0 Å². The van der Waals surface area contributed by atoms with Crippen molar-refractivity contribution in [2.45, 2.75) is 57.9 Å². The predicted octanol–water partition coefficient (Wildman–Crippen LogP) is 3.92. The summed E-state index contributed by atoms with van der Waals surface area (Å²) in [6.07, 6.45) is 6.70. The molecule has 104 valence electrons. The van der Waals surface area contributed by atoms with E-state index in [1.807, 2.05) is 26.0 Å². The lowest BCUT2D eigenvalue weighted by Gasteiger charge is -2.22. The SMILES string of the molecule is CCNC(C)C(=O)c1ccc(C2CCCCC2)cc1. The van der Waals surface area contributed by atoms with Gasteiger partial charge >= 0.3 is 0 Å². The van der Waals surface area contributed by atoms with Gasteiger partial charge in [-0.1, -0.05) is 50.5 Å². The zero-order chi connectivity index (χ0) is 13.7. The predicted molar refractivity (Wildman–Crippen MR) is 79.7 cm³/mol. The summed E-state index contributed by atoms with van der Waals surface area (Å²) in [7, 11) is 0. The molecule has 1 unspecified atom stereocenters. The third-order valence-corrected chi connectivity index (χ3v) is 4.18. The van der Waals surface area contributed by atoms with E-state index in [0.29, 0.717) is 5.92 Å². The van der Waals surface area contributed by atoms with E-state index in [2.05, 4.69) is 17.4 Å².